The fourth-order valence-electron chi connectivity index (χ4n) is 5.39. The molecule has 6 nitrogen and oxygen atoms in total. The van der Waals surface area contributed by atoms with E-state index in [9.17, 15) is 26.4 Å². The van der Waals surface area contributed by atoms with E-state index in [-0.39, 0.29) is 41.9 Å². The van der Waals surface area contributed by atoms with Gasteiger partial charge in [0.2, 0.25) is 0 Å². The van der Waals surface area contributed by atoms with Gasteiger partial charge in [0.15, 0.2) is 9.84 Å². The number of nitrogens with zero attached hydrogens (tertiary/aromatic N) is 2. The van der Waals surface area contributed by atoms with E-state index < -0.39 is 21.9 Å². The number of fused-ring (bicyclic) bond motifs is 1. The molecule has 0 aliphatic heterocycles. The molecule has 3 aromatic rings. The second-order valence-corrected chi connectivity index (χ2v) is 12.8. The molecule has 2 aliphatic carbocycles. The van der Waals surface area contributed by atoms with Crippen molar-refractivity contribution >= 4 is 26.8 Å². The monoisotopic (exact) mass is 547 g/mol. The summed E-state index contributed by atoms with van der Waals surface area (Å²) in [4.78, 5) is 18.0. The van der Waals surface area contributed by atoms with Crippen LogP contribution in [0.25, 0.3) is 11.0 Å². The van der Waals surface area contributed by atoms with E-state index in [1.807, 2.05) is 6.07 Å². The maximum Gasteiger partial charge on any atom is 0.391 e. The molecule has 2 aromatic carbocycles. The van der Waals surface area contributed by atoms with Crippen LogP contribution >= 0.6 is 0 Å². The normalized spacial score (nSPS) is 20.5. The number of carbonyl (C=O) groups excluding carboxylic acids is 1. The molecule has 204 valence electrons. The van der Waals surface area contributed by atoms with E-state index in [4.69, 9.17) is 4.98 Å². The van der Waals surface area contributed by atoms with Crippen LogP contribution in [0.2, 0.25) is 0 Å². The summed E-state index contributed by atoms with van der Waals surface area (Å²) in [5.74, 6) is -0.334. The number of aromatic nitrogens is 2. The van der Waals surface area contributed by atoms with Crippen molar-refractivity contribution in [1.29, 1.82) is 0 Å². The third-order valence-corrected chi connectivity index (χ3v) is 9.58. The number of imidazole rings is 1. The molecule has 5 rings (SSSR count). The van der Waals surface area contributed by atoms with E-state index in [1.165, 1.54) is 0 Å². The first kappa shape index (κ1) is 26.7. The van der Waals surface area contributed by atoms with Gasteiger partial charge in [0, 0.05) is 24.6 Å². The molecular weight excluding hydrogens is 515 g/mol. The number of alkyl halides is 3. The molecular formula is C28H32F3N3O3S. The molecule has 0 saturated heterocycles. The Labute approximate surface area is 220 Å². The quantitative estimate of drug-likeness (QED) is 0.375. The summed E-state index contributed by atoms with van der Waals surface area (Å²) >= 11 is 0. The van der Waals surface area contributed by atoms with Gasteiger partial charge in [-0.2, -0.15) is 13.2 Å². The summed E-state index contributed by atoms with van der Waals surface area (Å²) in [5.41, 5.74) is 2.93. The highest BCUT2D eigenvalue weighted by atomic mass is 32.2. The lowest BCUT2D eigenvalue weighted by molar-refractivity contribution is -0.183. The Bertz CT molecular complexity index is 1420. The van der Waals surface area contributed by atoms with Gasteiger partial charge in [-0.3, -0.25) is 4.79 Å². The molecule has 10 heteroatoms. The molecule has 1 amide bonds. The first-order valence-corrected chi connectivity index (χ1v) is 14.9. The average Bonchev–Trinajstić information content (AvgIpc) is 3.67. The van der Waals surface area contributed by atoms with Gasteiger partial charge in [-0.15, -0.1) is 0 Å². The van der Waals surface area contributed by atoms with Gasteiger partial charge in [-0.1, -0.05) is 19.1 Å². The molecule has 0 unspecified atom stereocenters. The van der Waals surface area contributed by atoms with Crippen molar-refractivity contribution < 1.29 is 26.4 Å². The van der Waals surface area contributed by atoms with Crippen molar-refractivity contribution in [3.8, 4) is 0 Å². The molecule has 0 radical (unpaired) electrons. The lowest BCUT2D eigenvalue weighted by Crippen LogP contribution is -2.28. The number of amides is 1. The number of nitrogens with one attached hydrogen (secondary N) is 1. The lowest BCUT2D eigenvalue weighted by atomic mass is 9.80. The van der Waals surface area contributed by atoms with Crippen molar-refractivity contribution in [1.82, 2.24) is 14.9 Å². The Morgan fingerprint density at radius 3 is 2.32 bits per heavy atom. The number of hydrogen-bond donors (Lipinski definition) is 1. The largest absolute Gasteiger partial charge is 0.391 e. The fraction of sp³-hybridized carbons (Fsp3) is 0.500. The minimum absolute atomic E-state index is 0.0307. The van der Waals surface area contributed by atoms with Crippen molar-refractivity contribution in [2.24, 2.45) is 11.8 Å². The van der Waals surface area contributed by atoms with Crippen LogP contribution in [0.1, 0.15) is 73.2 Å². The molecule has 2 fully saturated rings. The van der Waals surface area contributed by atoms with Gasteiger partial charge in [0.25, 0.3) is 5.91 Å². The molecule has 1 N–H and O–H groups in total. The highest BCUT2D eigenvalue weighted by Gasteiger charge is 2.41. The van der Waals surface area contributed by atoms with Crippen LogP contribution in [0.3, 0.4) is 0 Å². The molecule has 2 saturated carbocycles. The van der Waals surface area contributed by atoms with Crippen molar-refractivity contribution in [3.05, 3.63) is 59.4 Å². The minimum Gasteiger partial charge on any atom is -0.348 e. The zero-order valence-corrected chi connectivity index (χ0v) is 22.1. The first-order valence-electron chi connectivity index (χ1n) is 13.2. The van der Waals surface area contributed by atoms with Gasteiger partial charge in [0.1, 0.15) is 5.82 Å². The number of benzene rings is 2. The minimum atomic E-state index is -4.11. The Morgan fingerprint density at radius 2 is 1.71 bits per heavy atom. The molecule has 1 heterocycles. The van der Waals surface area contributed by atoms with E-state index in [1.54, 1.807) is 43.3 Å². The number of rotatable bonds is 8. The van der Waals surface area contributed by atoms with Gasteiger partial charge >= 0.3 is 6.18 Å². The Hall–Kier alpha value is -2.88. The van der Waals surface area contributed by atoms with E-state index in [0.29, 0.717) is 30.9 Å². The maximum absolute atomic E-state index is 13.1. The third kappa shape index (κ3) is 5.75. The van der Waals surface area contributed by atoms with Gasteiger partial charge in [-0.05, 0) is 80.3 Å². The standard InChI is InChI=1S/C28H32F3N3O3S/c1-2-38(36,37)23-12-5-19(6-13-23)17-32-27(35)20-7-14-25-24(16-20)33-26(34(25)22-10-11-22)15-18-3-8-21(9-4-18)28(29,30)31/h5-7,12-14,16,18,21-22H,2-4,8-11,15,17H2,1H3,(H,32,35). The van der Waals surface area contributed by atoms with Gasteiger partial charge < -0.3 is 9.88 Å². The summed E-state index contributed by atoms with van der Waals surface area (Å²) in [7, 11) is -3.27. The topological polar surface area (TPSA) is 81.1 Å². The molecule has 38 heavy (non-hydrogen) atoms. The molecule has 1 aromatic heterocycles. The lowest BCUT2D eigenvalue weighted by Gasteiger charge is -2.29. The zero-order valence-electron chi connectivity index (χ0n) is 21.3. The van der Waals surface area contributed by atoms with Gasteiger partial charge in [-0.25, -0.2) is 13.4 Å². The van der Waals surface area contributed by atoms with Crippen LogP contribution in [0, 0.1) is 11.8 Å². The number of halogens is 3. The average molecular weight is 548 g/mol. The third-order valence-electron chi connectivity index (χ3n) is 7.83. The highest BCUT2D eigenvalue weighted by molar-refractivity contribution is 7.91. The van der Waals surface area contributed by atoms with Crippen LogP contribution in [0.5, 0.6) is 0 Å². The van der Waals surface area contributed by atoms with Crippen molar-refractivity contribution in [2.45, 2.75) is 75.5 Å². The van der Waals surface area contributed by atoms with Crippen molar-refractivity contribution in [3.63, 3.8) is 0 Å². The van der Waals surface area contributed by atoms with E-state index in [0.717, 1.165) is 35.3 Å². The fourth-order valence-corrected chi connectivity index (χ4v) is 6.28. The predicted octanol–water partition coefficient (Wildman–Crippen LogP) is 6.01. The maximum atomic E-state index is 13.1. The highest BCUT2D eigenvalue weighted by Crippen LogP contribution is 2.42. The molecule has 2 aliphatic rings. The summed E-state index contributed by atoms with van der Waals surface area (Å²) in [6.07, 6.45) is 0.121. The van der Waals surface area contributed by atoms with Crippen LogP contribution in [0.4, 0.5) is 13.2 Å². The molecule has 0 bridgehead atoms. The van der Waals surface area contributed by atoms with E-state index in [2.05, 4.69) is 9.88 Å². The smallest absolute Gasteiger partial charge is 0.348 e. The van der Waals surface area contributed by atoms with Crippen LogP contribution in [0.15, 0.2) is 47.4 Å². The second-order valence-electron chi connectivity index (χ2n) is 10.5. The summed E-state index contributed by atoms with van der Waals surface area (Å²) in [6, 6.07) is 12.3. The van der Waals surface area contributed by atoms with Crippen LogP contribution < -0.4 is 5.32 Å². The van der Waals surface area contributed by atoms with Crippen LogP contribution in [-0.4, -0.2) is 35.8 Å². The first-order chi connectivity index (χ1) is 18.0. The number of sulfone groups is 1. The number of hydrogen-bond acceptors (Lipinski definition) is 4. The predicted molar refractivity (Wildman–Crippen MR) is 139 cm³/mol. The second kappa shape index (κ2) is 10.4. The molecule has 0 atom stereocenters. The summed E-state index contributed by atoms with van der Waals surface area (Å²) in [6.45, 7) is 1.85. The zero-order chi connectivity index (χ0) is 27.1. The van der Waals surface area contributed by atoms with Gasteiger partial charge in [0.05, 0.1) is 27.6 Å². The Balaban J connectivity index is 1.27. The van der Waals surface area contributed by atoms with Crippen LogP contribution in [-0.2, 0) is 22.8 Å². The molecule has 0 spiro atoms. The number of carbonyl (C=O) groups is 1. The SMILES string of the molecule is CCS(=O)(=O)c1ccc(CNC(=O)c2ccc3c(c2)nc(CC2CCC(C(F)(F)F)CC2)n3C2CC2)cc1. The Morgan fingerprint density at radius 1 is 1.03 bits per heavy atom. The summed E-state index contributed by atoms with van der Waals surface area (Å²) in [5, 5.41) is 2.88. The van der Waals surface area contributed by atoms with Crippen molar-refractivity contribution in [2.75, 3.05) is 5.75 Å². The van der Waals surface area contributed by atoms with E-state index >= 15 is 0 Å². The summed E-state index contributed by atoms with van der Waals surface area (Å²) < 4.78 is 65.4. The Kier molecular flexibility index (Phi) is 7.28.